The van der Waals surface area contributed by atoms with Crippen molar-refractivity contribution in [3.63, 3.8) is 0 Å². The van der Waals surface area contributed by atoms with Crippen LogP contribution in [0.15, 0.2) is 24.3 Å². The fourth-order valence-corrected chi connectivity index (χ4v) is 1.35. The van der Waals surface area contributed by atoms with Crippen LogP contribution >= 0.6 is 0 Å². The van der Waals surface area contributed by atoms with Gasteiger partial charge in [0.25, 0.3) is 0 Å². The number of carboxylic acids is 1. The highest BCUT2D eigenvalue weighted by Crippen LogP contribution is 2.08. The van der Waals surface area contributed by atoms with Gasteiger partial charge in [-0.15, -0.1) is 0 Å². The second kappa shape index (κ2) is 5.29. The summed E-state index contributed by atoms with van der Waals surface area (Å²) in [6.45, 7) is 2.15. The maximum atomic E-state index is 10.8. The SMILES string of the molecule is CC(C(=O)O)N(C)Cc1cccc(C#N)c1. The van der Waals surface area contributed by atoms with Crippen molar-refractivity contribution in [1.82, 2.24) is 4.90 Å². The van der Waals surface area contributed by atoms with Crippen LogP contribution in [0.5, 0.6) is 0 Å². The van der Waals surface area contributed by atoms with Crippen LogP contribution in [0, 0.1) is 11.3 Å². The maximum absolute atomic E-state index is 10.8. The second-order valence-electron chi connectivity index (χ2n) is 3.74. The monoisotopic (exact) mass is 218 g/mol. The third-order valence-electron chi connectivity index (χ3n) is 2.51. The smallest absolute Gasteiger partial charge is 0.320 e. The van der Waals surface area contributed by atoms with Crippen molar-refractivity contribution in [2.24, 2.45) is 0 Å². The Labute approximate surface area is 94.7 Å². The molecule has 1 unspecified atom stereocenters. The summed E-state index contributed by atoms with van der Waals surface area (Å²) >= 11 is 0. The van der Waals surface area contributed by atoms with E-state index >= 15 is 0 Å². The maximum Gasteiger partial charge on any atom is 0.320 e. The molecule has 84 valence electrons. The number of benzene rings is 1. The van der Waals surface area contributed by atoms with E-state index in [1.165, 1.54) is 0 Å². The van der Waals surface area contributed by atoms with E-state index in [1.54, 1.807) is 37.1 Å². The van der Waals surface area contributed by atoms with Gasteiger partial charge < -0.3 is 5.11 Å². The summed E-state index contributed by atoms with van der Waals surface area (Å²) in [5.74, 6) is -0.848. The van der Waals surface area contributed by atoms with Crippen LogP contribution in [0.2, 0.25) is 0 Å². The Morgan fingerprint density at radius 2 is 2.31 bits per heavy atom. The average Bonchev–Trinajstić information content (AvgIpc) is 2.28. The summed E-state index contributed by atoms with van der Waals surface area (Å²) in [6, 6.07) is 8.70. The van der Waals surface area contributed by atoms with Gasteiger partial charge in [-0.1, -0.05) is 12.1 Å². The first kappa shape index (κ1) is 12.2. The Hall–Kier alpha value is -1.86. The van der Waals surface area contributed by atoms with Gasteiger partial charge in [0.1, 0.15) is 6.04 Å². The number of carbonyl (C=O) groups is 1. The lowest BCUT2D eigenvalue weighted by Crippen LogP contribution is -2.35. The molecule has 0 aliphatic rings. The molecule has 4 heteroatoms. The van der Waals surface area contributed by atoms with Crippen LogP contribution in [0.25, 0.3) is 0 Å². The number of hydrogen-bond donors (Lipinski definition) is 1. The molecule has 4 nitrogen and oxygen atoms in total. The van der Waals surface area contributed by atoms with Gasteiger partial charge in [0.15, 0.2) is 0 Å². The van der Waals surface area contributed by atoms with E-state index in [0.29, 0.717) is 12.1 Å². The predicted octanol–water partition coefficient (Wildman–Crippen LogP) is 1.46. The molecule has 0 amide bonds. The zero-order valence-corrected chi connectivity index (χ0v) is 9.34. The normalized spacial score (nSPS) is 12.1. The predicted molar refractivity (Wildman–Crippen MR) is 59.7 cm³/mol. The molecule has 1 atom stereocenters. The number of nitrogens with zero attached hydrogens (tertiary/aromatic N) is 2. The summed E-state index contributed by atoms with van der Waals surface area (Å²) in [6.07, 6.45) is 0. The lowest BCUT2D eigenvalue weighted by molar-refractivity contribution is -0.142. The van der Waals surface area contributed by atoms with E-state index in [-0.39, 0.29) is 0 Å². The summed E-state index contributed by atoms with van der Waals surface area (Å²) < 4.78 is 0. The van der Waals surface area contributed by atoms with Gasteiger partial charge in [-0.3, -0.25) is 9.69 Å². The first-order valence-electron chi connectivity index (χ1n) is 4.96. The number of likely N-dealkylation sites (N-methyl/N-ethyl adjacent to an activating group) is 1. The quantitative estimate of drug-likeness (QED) is 0.831. The van der Waals surface area contributed by atoms with Gasteiger partial charge in [-0.25, -0.2) is 0 Å². The molecule has 1 N–H and O–H groups in total. The van der Waals surface area contributed by atoms with Gasteiger partial charge in [0.2, 0.25) is 0 Å². The molecule has 0 radical (unpaired) electrons. The highest BCUT2D eigenvalue weighted by atomic mass is 16.4. The molecule has 1 aromatic carbocycles. The Kier molecular flexibility index (Phi) is 4.03. The molecule has 0 saturated heterocycles. The van der Waals surface area contributed by atoms with Gasteiger partial charge in [0, 0.05) is 6.54 Å². The molecule has 16 heavy (non-hydrogen) atoms. The standard InChI is InChI=1S/C12H14N2O2/c1-9(12(15)16)14(2)8-11-5-3-4-10(6-11)7-13/h3-6,9H,8H2,1-2H3,(H,15,16). The van der Waals surface area contributed by atoms with Crippen LogP contribution in [-0.2, 0) is 11.3 Å². The molecule has 0 aliphatic carbocycles. The third kappa shape index (κ3) is 3.07. The van der Waals surface area contributed by atoms with Crippen molar-refractivity contribution in [2.45, 2.75) is 19.5 Å². The minimum Gasteiger partial charge on any atom is -0.480 e. The minimum atomic E-state index is -0.848. The fourth-order valence-electron chi connectivity index (χ4n) is 1.35. The Balaban J connectivity index is 2.73. The van der Waals surface area contributed by atoms with Crippen LogP contribution in [0.1, 0.15) is 18.1 Å². The minimum absolute atomic E-state index is 0.517. The van der Waals surface area contributed by atoms with Gasteiger partial charge in [-0.2, -0.15) is 5.26 Å². The highest BCUT2D eigenvalue weighted by Gasteiger charge is 2.16. The third-order valence-corrected chi connectivity index (χ3v) is 2.51. The fraction of sp³-hybridized carbons (Fsp3) is 0.333. The van der Waals surface area contributed by atoms with Crippen LogP contribution in [0.3, 0.4) is 0 Å². The summed E-state index contributed by atoms with van der Waals surface area (Å²) in [7, 11) is 1.75. The van der Waals surface area contributed by atoms with Crippen molar-refractivity contribution in [3.8, 4) is 6.07 Å². The van der Waals surface area contributed by atoms with E-state index in [1.807, 2.05) is 6.07 Å². The zero-order valence-electron chi connectivity index (χ0n) is 9.34. The molecule has 0 fully saturated rings. The van der Waals surface area contributed by atoms with Crippen LogP contribution in [0.4, 0.5) is 0 Å². The van der Waals surface area contributed by atoms with E-state index in [4.69, 9.17) is 10.4 Å². The van der Waals surface area contributed by atoms with Gasteiger partial charge >= 0.3 is 5.97 Å². The number of hydrogen-bond acceptors (Lipinski definition) is 3. The molecule has 1 aromatic rings. The first-order chi connectivity index (χ1) is 7.54. The lowest BCUT2D eigenvalue weighted by Gasteiger charge is -2.21. The van der Waals surface area contributed by atoms with Crippen molar-refractivity contribution in [2.75, 3.05) is 7.05 Å². The Morgan fingerprint density at radius 1 is 1.62 bits per heavy atom. The molecule has 0 heterocycles. The van der Waals surface area contributed by atoms with Gasteiger partial charge in [-0.05, 0) is 31.7 Å². The first-order valence-corrected chi connectivity index (χ1v) is 4.96. The van der Waals surface area contributed by atoms with Crippen LogP contribution in [-0.4, -0.2) is 29.1 Å². The molecule has 1 rings (SSSR count). The molecule has 0 bridgehead atoms. The highest BCUT2D eigenvalue weighted by molar-refractivity contribution is 5.72. The average molecular weight is 218 g/mol. The van der Waals surface area contributed by atoms with Crippen molar-refractivity contribution in [1.29, 1.82) is 5.26 Å². The van der Waals surface area contributed by atoms with Crippen LogP contribution < -0.4 is 0 Å². The summed E-state index contributed by atoms with van der Waals surface area (Å²) in [5.41, 5.74) is 1.53. The largest absolute Gasteiger partial charge is 0.480 e. The number of rotatable bonds is 4. The molecule has 0 spiro atoms. The van der Waals surface area contributed by atoms with Gasteiger partial charge in [0.05, 0.1) is 11.6 Å². The van der Waals surface area contributed by atoms with Crippen molar-refractivity contribution < 1.29 is 9.90 Å². The second-order valence-corrected chi connectivity index (χ2v) is 3.74. The Morgan fingerprint density at radius 3 is 2.88 bits per heavy atom. The number of carboxylic acid groups (broad SMARTS) is 1. The van der Waals surface area contributed by atoms with Crippen molar-refractivity contribution in [3.05, 3.63) is 35.4 Å². The molecular formula is C12H14N2O2. The molecule has 0 aromatic heterocycles. The lowest BCUT2D eigenvalue weighted by atomic mass is 10.1. The number of aliphatic carboxylic acids is 1. The topological polar surface area (TPSA) is 64.3 Å². The number of nitriles is 1. The summed E-state index contributed by atoms with van der Waals surface area (Å²) in [4.78, 5) is 12.5. The summed E-state index contributed by atoms with van der Waals surface area (Å²) in [5, 5.41) is 17.6. The molecular weight excluding hydrogens is 204 g/mol. The zero-order chi connectivity index (χ0) is 12.1. The van der Waals surface area contributed by atoms with E-state index < -0.39 is 12.0 Å². The molecule has 0 saturated carbocycles. The van der Waals surface area contributed by atoms with Crippen molar-refractivity contribution >= 4 is 5.97 Å². The van der Waals surface area contributed by atoms with E-state index in [0.717, 1.165) is 5.56 Å². The Bertz CT molecular complexity index is 423. The van der Waals surface area contributed by atoms with E-state index in [9.17, 15) is 4.79 Å². The molecule has 0 aliphatic heterocycles. The van der Waals surface area contributed by atoms with E-state index in [2.05, 4.69) is 6.07 Å².